The maximum Gasteiger partial charge on any atom is 0.154 e. The van der Waals surface area contributed by atoms with Crippen LogP contribution in [0.25, 0.3) is 22.2 Å². The van der Waals surface area contributed by atoms with Crippen molar-refractivity contribution in [1.29, 1.82) is 0 Å². The van der Waals surface area contributed by atoms with E-state index in [1.807, 2.05) is 42.3 Å². The number of nitrogens with zero attached hydrogens (tertiary/aromatic N) is 7. The summed E-state index contributed by atoms with van der Waals surface area (Å²) in [4.78, 5) is 11.8. The molecular weight excluding hydrogens is 416 g/mol. The number of morpholine rings is 1. The smallest absolute Gasteiger partial charge is 0.154 e. The molecule has 4 aromatic heterocycles. The summed E-state index contributed by atoms with van der Waals surface area (Å²) in [7, 11) is 1.95. The number of pyridine rings is 2. The highest BCUT2D eigenvalue weighted by molar-refractivity contribution is 5.82. The van der Waals surface area contributed by atoms with Crippen LogP contribution in [0.4, 0.5) is 11.6 Å². The predicted octanol–water partition coefficient (Wildman–Crippen LogP) is 3.52. The molecule has 0 radical (unpaired) electrons. The molecule has 33 heavy (non-hydrogen) atoms. The van der Waals surface area contributed by atoms with Gasteiger partial charge in [-0.25, -0.2) is 4.98 Å². The van der Waals surface area contributed by atoms with Crippen molar-refractivity contribution in [2.24, 2.45) is 7.05 Å². The van der Waals surface area contributed by atoms with Crippen LogP contribution in [0.15, 0.2) is 42.9 Å². The highest BCUT2D eigenvalue weighted by Gasteiger charge is 2.17. The summed E-state index contributed by atoms with van der Waals surface area (Å²) in [5.41, 5.74) is 5.90. The van der Waals surface area contributed by atoms with Crippen molar-refractivity contribution < 1.29 is 4.74 Å². The lowest BCUT2D eigenvalue weighted by atomic mass is 10.1. The molecule has 0 atom stereocenters. The monoisotopic (exact) mass is 444 g/mol. The average molecular weight is 445 g/mol. The van der Waals surface area contributed by atoms with E-state index in [-0.39, 0.29) is 0 Å². The van der Waals surface area contributed by atoms with Gasteiger partial charge in [0.1, 0.15) is 5.82 Å². The van der Waals surface area contributed by atoms with E-state index >= 15 is 0 Å². The number of ether oxygens (including phenoxy) is 1. The second-order valence-corrected chi connectivity index (χ2v) is 8.66. The summed E-state index contributed by atoms with van der Waals surface area (Å²) in [5, 5.41) is 16.3. The maximum absolute atomic E-state index is 5.48. The molecule has 0 bridgehead atoms. The van der Waals surface area contributed by atoms with E-state index < -0.39 is 0 Å². The van der Waals surface area contributed by atoms with E-state index in [9.17, 15) is 0 Å². The number of fused-ring (bicyclic) bond motifs is 1. The minimum absolute atomic E-state index is 0.378. The lowest BCUT2D eigenvalue weighted by molar-refractivity contribution is 0.0336. The first-order valence-corrected chi connectivity index (χ1v) is 11.2. The summed E-state index contributed by atoms with van der Waals surface area (Å²) >= 11 is 0. The van der Waals surface area contributed by atoms with E-state index in [1.54, 1.807) is 6.20 Å². The number of hydrogen-bond donors (Lipinski definition) is 1. The van der Waals surface area contributed by atoms with Crippen LogP contribution in [0.5, 0.6) is 0 Å². The van der Waals surface area contributed by atoms with Gasteiger partial charge in [0.25, 0.3) is 0 Å². The van der Waals surface area contributed by atoms with Gasteiger partial charge in [0.15, 0.2) is 5.82 Å². The molecular formula is C24H28N8O. The largest absolute Gasteiger partial charge is 0.379 e. The third kappa shape index (κ3) is 4.84. The summed E-state index contributed by atoms with van der Waals surface area (Å²) in [6.07, 6.45) is 5.74. The van der Waals surface area contributed by atoms with Gasteiger partial charge in [-0.05, 0) is 35.7 Å². The van der Waals surface area contributed by atoms with Crippen molar-refractivity contribution in [3.05, 3.63) is 54.1 Å². The summed E-state index contributed by atoms with van der Waals surface area (Å²) < 4.78 is 7.34. The van der Waals surface area contributed by atoms with Crippen molar-refractivity contribution in [3.63, 3.8) is 0 Å². The first kappa shape index (κ1) is 21.4. The maximum atomic E-state index is 5.48. The summed E-state index contributed by atoms with van der Waals surface area (Å²) in [6.45, 7) is 8.43. The molecule has 0 unspecified atom stereocenters. The molecule has 0 saturated carbocycles. The van der Waals surface area contributed by atoms with Gasteiger partial charge in [0.05, 0.1) is 36.1 Å². The molecule has 5 heterocycles. The lowest BCUT2D eigenvalue weighted by Gasteiger charge is -2.26. The fraction of sp³-hybridized carbons (Fsp3) is 0.375. The van der Waals surface area contributed by atoms with Gasteiger partial charge in [-0.3, -0.25) is 14.6 Å². The van der Waals surface area contributed by atoms with Crippen LogP contribution < -0.4 is 5.32 Å². The number of rotatable bonds is 6. The standard InChI is InChI=1S/C24H28N8O/c1-16(2)17-11-24(29-26-13-17)28-23-5-4-20-21(27-23)10-18(12-25-20)19-14-31(3)30-22(19)15-32-6-8-33-9-7-32/h4-5,10-14,16H,6-9,15H2,1-3H3,(H,27,28,29). The molecule has 0 amide bonds. The van der Waals surface area contributed by atoms with Crippen molar-refractivity contribution in [2.75, 3.05) is 31.6 Å². The van der Waals surface area contributed by atoms with Gasteiger partial charge in [-0.1, -0.05) is 13.8 Å². The van der Waals surface area contributed by atoms with Crippen LogP contribution >= 0.6 is 0 Å². The minimum atomic E-state index is 0.378. The van der Waals surface area contributed by atoms with Crippen LogP contribution in [0.2, 0.25) is 0 Å². The Hall–Kier alpha value is -3.43. The Balaban J connectivity index is 1.43. The van der Waals surface area contributed by atoms with Gasteiger partial charge in [0, 0.05) is 50.2 Å². The molecule has 170 valence electrons. The Morgan fingerprint density at radius 1 is 1.06 bits per heavy atom. The van der Waals surface area contributed by atoms with Crippen molar-refractivity contribution in [2.45, 2.75) is 26.3 Å². The van der Waals surface area contributed by atoms with Crippen molar-refractivity contribution in [3.8, 4) is 11.1 Å². The Labute approximate surface area is 192 Å². The van der Waals surface area contributed by atoms with Crippen LogP contribution in [0.1, 0.15) is 31.0 Å². The van der Waals surface area contributed by atoms with E-state index in [0.29, 0.717) is 17.6 Å². The van der Waals surface area contributed by atoms with Crippen molar-refractivity contribution in [1.82, 2.24) is 34.8 Å². The van der Waals surface area contributed by atoms with E-state index in [0.717, 1.165) is 66.3 Å². The molecule has 0 aromatic carbocycles. The first-order valence-electron chi connectivity index (χ1n) is 11.2. The molecule has 1 aliphatic heterocycles. The highest BCUT2D eigenvalue weighted by atomic mass is 16.5. The van der Waals surface area contributed by atoms with Crippen LogP contribution in [0.3, 0.4) is 0 Å². The Bertz CT molecular complexity index is 1260. The fourth-order valence-electron chi connectivity index (χ4n) is 3.98. The molecule has 1 N–H and O–H groups in total. The quantitative estimate of drug-likeness (QED) is 0.483. The average Bonchev–Trinajstić information content (AvgIpc) is 3.19. The summed E-state index contributed by atoms with van der Waals surface area (Å²) in [6, 6.07) is 7.95. The Morgan fingerprint density at radius 2 is 1.91 bits per heavy atom. The molecule has 4 aromatic rings. The Kier molecular flexibility index (Phi) is 5.97. The zero-order chi connectivity index (χ0) is 22.8. The van der Waals surface area contributed by atoms with Gasteiger partial charge < -0.3 is 10.1 Å². The van der Waals surface area contributed by atoms with E-state index in [4.69, 9.17) is 14.8 Å². The fourth-order valence-corrected chi connectivity index (χ4v) is 3.98. The third-order valence-electron chi connectivity index (χ3n) is 5.83. The minimum Gasteiger partial charge on any atom is -0.379 e. The molecule has 9 nitrogen and oxygen atoms in total. The van der Waals surface area contributed by atoms with Gasteiger partial charge in [0.2, 0.25) is 0 Å². The van der Waals surface area contributed by atoms with Crippen molar-refractivity contribution >= 4 is 22.7 Å². The molecule has 9 heteroatoms. The molecule has 1 fully saturated rings. The topological polar surface area (TPSA) is 93.9 Å². The molecule has 5 rings (SSSR count). The number of anilines is 2. The lowest BCUT2D eigenvalue weighted by Crippen LogP contribution is -2.35. The van der Waals surface area contributed by atoms with E-state index in [1.165, 1.54) is 0 Å². The first-order chi connectivity index (χ1) is 16.0. The van der Waals surface area contributed by atoms with Crippen LogP contribution in [-0.2, 0) is 18.3 Å². The van der Waals surface area contributed by atoms with Crippen LogP contribution in [-0.4, -0.2) is 61.1 Å². The second kappa shape index (κ2) is 9.21. The zero-order valence-electron chi connectivity index (χ0n) is 19.2. The molecule has 1 saturated heterocycles. The van der Waals surface area contributed by atoms with Gasteiger partial charge in [-0.15, -0.1) is 5.10 Å². The van der Waals surface area contributed by atoms with Gasteiger partial charge in [-0.2, -0.15) is 10.2 Å². The van der Waals surface area contributed by atoms with E-state index in [2.05, 4.69) is 45.3 Å². The van der Waals surface area contributed by atoms with Gasteiger partial charge >= 0.3 is 0 Å². The summed E-state index contributed by atoms with van der Waals surface area (Å²) in [5.74, 6) is 1.76. The second-order valence-electron chi connectivity index (χ2n) is 8.66. The number of aromatic nitrogens is 6. The normalized spacial score (nSPS) is 14.8. The molecule has 0 aliphatic carbocycles. The Morgan fingerprint density at radius 3 is 2.73 bits per heavy atom. The third-order valence-corrected chi connectivity index (χ3v) is 5.83. The van der Waals surface area contributed by atoms with Crippen LogP contribution in [0, 0.1) is 0 Å². The zero-order valence-corrected chi connectivity index (χ0v) is 19.2. The number of aryl methyl sites for hydroxylation is 1. The number of hydrogen-bond acceptors (Lipinski definition) is 8. The molecule has 1 aliphatic rings. The SMILES string of the molecule is CC(C)c1cnnc(Nc2ccc3ncc(-c4cn(C)nc4CN4CCOCC4)cc3n2)c1. The predicted molar refractivity (Wildman–Crippen MR) is 127 cm³/mol. The number of nitrogens with one attached hydrogen (secondary N) is 1. The highest BCUT2D eigenvalue weighted by Crippen LogP contribution is 2.27. The molecule has 0 spiro atoms.